The largest absolute Gasteiger partial charge is 0.359 e. The van der Waals surface area contributed by atoms with E-state index in [-0.39, 0.29) is 24.1 Å². The van der Waals surface area contributed by atoms with Crippen molar-refractivity contribution in [1.82, 2.24) is 31.1 Å². The van der Waals surface area contributed by atoms with Gasteiger partial charge in [-0.25, -0.2) is 0 Å². The Bertz CT molecular complexity index is 496. The normalized spacial score (nSPS) is 17.9. The highest BCUT2D eigenvalue weighted by Gasteiger charge is 2.37. The van der Waals surface area contributed by atoms with E-state index < -0.39 is 0 Å². The van der Waals surface area contributed by atoms with Gasteiger partial charge in [0.05, 0.1) is 0 Å². The monoisotopic (exact) mass is 443 g/mol. The molecule has 0 aromatic heterocycles. The second kappa shape index (κ2) is 17.3. The fourth-order valence-corrected chi connectivity index (χ4v) is 3.40. The number of amides is 2. The molecule has 10 heteroatoms. The van der Waals surface area contributed by atoms with Crippen molar-refractivity contribution >= 4 is 11.8 Å². The fourth-order valence-electron chi connectivity index (χ4n) is 3.40. The number of ether oxygens (including phenoxy) is 1. The molecule has 1 fully saturated rings. The predicted octanol–water partition coefficient (Wildman–Crippen LogP) is -1.47. The van der Waals surface area contributed by atoms with Gasteiger partial charge in [0, 0.05) is 85.3 Å². The Labute approximate surface area is 188 Å². The van der Waals surface area contributed by atoms with Crippen LogP contribution in [0.1, 0.15) is 33.1 Å². The summed E-state index contributed by atoms with van der Waals surface area (Å²) < 4.78 is 5.65. The van der Waals surface area contributed by atoms with Crippen molar-refractivity contribution in [2.24, 2.45) is 5.73 Å². The fraction of sp³-hybridized carbons (Fsp3) is 0.905. The van der Waals surface area contributed by atoms with Gasteiger partial charge in [-0.15, -0.1) is 0 Å². The minimum atomic E-state index is 0.0530. The summed E-state index contributed by atoms with van der Waals surface area (Å²) in [5.74, 6) is 0.136. The summed E-state index contributed by atoms with van der Waals surface area (Å²) >= 11 is 0. The van der Waals surface area contributed by atoms with Crippen molar-refractivity contribution in [3.05, 3.63) is 0 Å². The van der Waals surface area contributed by atoms with Gasteiger partial charge in [0.15, 0.2) is 0 Å². The van der Waals surface area contributed by atoms with Crippen LogP contribution in [-0.4, -0.2) is 113 Å². The van der Waals surface area contributed by atoms with Crippen LogP contribution in [0.4, 0.5) is 0 Å². The Hall–Kier alpha value is -1.30. The summed E-state index contributed by atoms with van der Waals surface area (Å²) in [4.78, 5) is 28.3. The van der Waals surface area contributed by atoms with Crippen LogP contribution in [0.25, 0.3) is 0 Å². The van der Waals surface area contributed by atoms with Crippen molar-refractivity contribution in [3.63, 3.8) is 0 Å². The van der Waals surface area contributed by atoms with Crippen molar-refractivity contribution in [1.29, 1.82) is 0 Å². The average Bonchev–Trinajstić information content (AvgIpc) is 3.51. The van der Waals surface area contributed by atoms with E-state index in [0.29, 0.717) is 39.0 Å². The molecule has 1 saturated heterocycles. The maximum absolute atomic E-state index is 11.9. The van der Waals surface area contributed by atoms with Crippen molar-refractivity contribution in [2.75, 3.05) is 79.0 Å². The molecule has 31 heavy (non-hydrogen) atoms. The van der Waals surface area contributed by atoms with Gasteiger partial charge < -0.3 is 36.2 Å². The molecule has 0 spiro atoms. The van der Waals surface area contributed by atoms with E-state index in [1.165, 1.54) is 0 Å². The van der Waals surface area contributed by atoms with E-state index in [1.807, 2.05) is 6.92 Å². The molecule has 0 aromatic carbocycles. The molecule has 182 valence electrons. The van der Waals surface area contributed by atoms with Crippen LogP contribution >= 0.6 is 0 Å². The third-order valence-electron chi connectivity index (χ3n) is 5.34. The third-order valence-corrected chi connectivity index (χ3v) is 5.34. The molecule has 0 bridgehead atoms. The molecule has 1 aliphatic heterocycles. The summed E-state index contributed by atoms with van der Waals surface area (Å²) in [6.45, 7) is 12.7. The van der Waals surface area contributed by atoms with Crippen molar-refractivity contribution in [3.8, 4) is 0 Å². The lowest BCUT2D eigenvalue weighted by atomic mass is 10.2. The molecule has 6 N–H and O–H groups in total. The second-order valence-electron chi connectivity index (χ2n) is 7.79. The molecule has 0 radical (unpaired) electrons. The molecular formula is C21H45N7O3. The topological polar surface area (TPSA) is 127 Å². The van der Waals surface area contributed by atoms with Gasteiger partial charge in [0.1, 0.15) is 12.3 Å². The lowest BCUT2D eigenvalue weighted by Crippen LogP contribution is -2.42. The van der Waals surface area contributed by atoms with Gasteiger partial charge in [0.2, 0.25) is 11.8 Å². The molecule has 0 aliphatic carbocycles. The van der Waals surface area contributed by atoms with Gasteiger partial charge in [0.25, 0.3) is 0 Å². The van der Waals surface area contributed by atoms with E-state index in [1.54, 1.807) is 7.05 Å². The number of epoxide rings is 1. The minimum Gasteiger partial charge on any atom is -0.359 e. The number of rotatable bonds is 20. The van der Waals surface area contributed by atoms with Gasteiger partial charge in [-0.05, 0) is 19.9 Å². The van der Waals surface area contributed by atoms with Gasteiger partial charge in [-0.3, -0.25) is 14.9 Å². The zero-order valence-corrected chi connectivity index (χ0v) is 19.8. The number of hydrogen-bond donors (Lipinski definition) is 5. The molecule has 2 unspecified atom stereocenters. The van der Waals surface area contributed by atoms with Gasteiger partial charge in [-0.2, -0.15) is 0 Å². The number of likely N-dealkylation sites (N-methyl/N-ethyl adjacent to an activating group) is 1. The van der Waals surface area contributed by atoms with Crippen LogP contribution in [0, 0.1) is 0 Å². The average molecular weight is 444 g/mol. The molecule has 2 amide bonds. The molecule has 1 heterocycles. The van der Waals surface area contributed by atoms with Crippen molar-refractivity contribution in [2.45, 2.75) is 45.4 Å². The SMILES string of the molecule is CCNC(=O)CCN(CCNCCN)CCN(CCC(=O)NC)CCC1OC1NCC. The first kappa shape index (κ1) is 27.7. The molecule has 1 aliphatic rings. The number of nitrogens with two attached hydrogens (primary N) is 1. The highest BCUT2D eigenvalue weighted by atomic mass is 16.6. The summed E-state index contributed by atoms with van der Waals surface area (Å²) in [5.41, 5.74) is 5.55. The number of hydrogen-bond acceptors (Lipinski definition) is 8. The Morgan fingerprint density at radius 2 is 1.58 bits per heavy atom. The Morgan fingerprint density at radius 3 is 2.19 bits per heavy atom. The van der Waals surface area contributed by atoms with Crippen LogP contribution in [0.2, 0.25) is 0 Å². The van der Waals surface area contributed by atoms with Crippen LogP contribution in [0.3, 0.4) is 0 Å². The van der Waals surface area contributed by atoms with Gasteiger partial charge in [-0.1, -0.05) is 6.92 Å². The Kier molecular flexibility index (Phi) is 15.5. The Balaban J connectivity index is 2.51. The third kappa shape index (κ3) is 13.7. The lowest BCUT2D eigenvalue weighted by molar-refractivity contribution is -0.122. The molecule has 0 saturated carbocycles. The summed E-state index contributed by atoms with van der Waals surface area (Å²) in [6.07, 6.45) is 2.35. The van der Waals surface area contributed by atoms with Crippen LogP contribution in [0.5, 0.6) is 0 Å². The van der Waals surface area contributed by atoms with E-state index in [0.717, 1.165) is 52.2 Å². The number of carbonyl (C=O) groups excluding carboxylic acids is 2. The highest BCUT2D eigenvalue weighted by molar-refractivity contribution is 5.76. The number of nitrogens with zero attached hydrogens (tertiary/aromatic N) is 2. The number of nitrogens with one attached hydrogen (secondary N) is 4. The van der Waals surface area contributed by atoms with Crippen LogP contribution in [0.15, 0.2) is 0 Å². The molecular weight excluding hydrogens is 398 g/mol. The molecule has 10 nitrogen and oxygen atoms in total. The zero-order chi connectivity index (χ0) is 22.9. The van der Waals surface area contributed by atoms with Crippen LogP contribution in [-0.2, 0) is 14.3 Å². The molecule has 0 aromatic rings. The molecule has 1 rings (SSSR count). The summed E-state index contributed by atoms with van der Waals surface area (Å²) in [6, 6.07) is 0. The second-order valence-corrected chi connectivity index (χ2v) is 7.79. The first-order valence-electron chi connectivity index (χ1n) is 11.8. The van der Waals surface area contributed by atoms with E-state index in [2.05, 4.69) is 38.0 Å². The van der Waals surface area contributed by atoms with E-state index >= 15 is 0 Å². The van der Waals surface area contributed by atoms with Crippen molar-refractivity contribution < 1.29 is 14.3 Å². The standard InChI is InChI=1S/C21H45N7O3/c1-4-25-20(30)8-14-28(15-11-24-10-9-22)17-16-27(13-7-19(29)23-3)12-6-18-21(31-18)26-5-2/h18,21,24,26H,4-17,22H2,1-3H3,(H,23,29)(H,25,30). The van der Waals surface area contributed by atoms with Crippen LogP contribution < -0.4 is 27.0 Å². The molecule has 2 atom stereocenters. The predicted molar refractivity (Wildman–Crippen MR) is 124 cm³/mol. The first-order valence-corrected chi connectivity index (χ1v) is 11.8. The van der Waals surface area contributed by atoms with Gasteiger partial charge >= 0.3 is 0 Å². The maximum Gasteiger partial charge on any atom is 0.221 e. The first-order chi connectivity index (χ1) is 15.0. The zero-order valence-electron chi connectivity index (χ0n) is 19.8. The Morgan fingerprint density at radius 1 is 0.903 bits per heavy atom. The summed E-state index contributed by atoms with van der Waals surface area (Å²) in [5, 5.41) is 12.2. The lowest BCUT2D eigenvalue weighted by Gasteiger charge is -2.27. The highest BCUT2D eigenvalue weighted by Crippen LogP contribution is 2.22. The smallest absolute Gasteiger partial charge is 0.221 e. The quantitative estimate of drug-likeness (QED) is 0.114. The maximum atomic E-state index is 11.9. The number of carbonyl (C=O) groups is 2. The summed E-state index contributed by atoms with van der Waals surface area (Å²) in [7, 11) is 1.67. The van der Waals surface area contributed by atoms with E-state index in [9.17, 15) is 9.59 Å². The minimum absolute atomic E-state index is 0.0530. The van der Waals surface area contributed by atoms with E-state index in [4.69, 9.17) is 10.5 Å².